The number of hydrogen-bond donors (Lipinski definition) is 2. The van der Waals surface area contributed by atoms with Crippen LogP contribution in [0, 0.1) is 0 Å². The number of ether oxygens (including phenoxy) is 14. The monoisotopic (exact) mass is 1250 g/mol. The van der Waals surface area contributed by atoms with E-state index in [1.165, 1.54) is 24.3 Å². The van der Waals surface area contributed by atoms with Crippen LogP contribution in [0.25, 0.3) is 22.3 Å². The molecule has 0 radical (unpaired) electrons. The number of aliphatic hydroxyl groups is 1. The lowest BCUT2D eigenvalue weighted by Crippen LogP contribution is -2.67. The molecule has 0 spiro atoms. The predicted octanol–water partition coefficient (Wildman–Crippen LogP) is 7.91. The molecule has 2 aliphatic heterocycles. The van der Waals surface area contributed by atoms with E-state index in [-0.39, 0.29) is 66.3 Å². The average Bonchev–Trinajstić information content (AvgIpc) is 0.773. The molecule has 2 N–H and O–H groups in total. The first kappa shape index (κ1) is 65.4. The highest BCUT2D eigenvalue weighted by Gasteiger charge is 2.57. The zero-order valence-corrected chi connectivity index (χ0v) is 50.2. The molecule has 2 saturated heterocycles. The molecule has 7 aromatic rings. The maximum absolute atomic E-state index is 15.5. The van der Waals surface area contributed by atoms with Crippen molar-refractivity contribution >= 4 is 46.8 Å². The second-order valence-corrected chi connectivity index (χ2v) is 21.0. The Balaban J connectivity index is 1.19. The van der Waals surface area contributed by atoms with E-state index in [0.717, 1.165) is 63.8 Å². The van der Waals surface area contributed by atoms with Crippen molar-refractivity contribution < 1.29 is 110 Å². The van der Waals surface area contributed by atoms with Gasteiger partial charge in [0.1, 0.15) is 80.4 Å². The van der Waals surface area contributed by atoms with Crippen molar-refractivity contribution in [2.45, 2.75) is 129 Å². The Bertz CT molecular complexity index is 3660. The summed E-state index contributed by atoms with van der Waals surface area (Å²) in [6.07, 6.45) is -18.6. The Kier molecular flexibility index (Phi) is 21.9. The van der Waals surface area contributed by atoms with Crippen LogP contribution in [0.3, 0.4) is 0 Å². The standard InChI is InChI=1S/C67H66O24/c1-37(68)77-35-53-60(90-67-65(86-42(6)73)64(85-41(5)72)61(83-39(3)70)54(89-67)36-78-38(2)69)63(84-40(4)71)57(76)66(88-53)91-62-56(75)55-49(74)29-48(79-31-43-19-11-7-12-20-43)30-50(55)87-58(62)47-27-51(80-32-44-21-13-8-14-22-44)59(82-34-46-25-17-10-18-26-46)52(28-47)81-33-45-23-15-9-16-24-45/h7-30,53-54,57,60-61,63-67,74,76H,31-36H2,1-6H3/t53-,54-,57-,60-,61+,63-,64+,65-,66+,67+/m1/s1. The zero-order chi connectivity index (χ0) is 64.7. The number of hydrogen-bond acceptors (Lipinski definition) is 24. The molecular formula is C67H66O24. The Labute approximate surface area is 521 Å². The van der Waals surface area contributed by atoms with Crippen molar-refractivity contribution in [3.8, 4) is 45.8 Å². The smallest absolute Gasteiger partial charge is 0.303 e. The lowest BCUT2D eigenvalue weighted by molar-refractivity contribution is -0.354. The van der Waals surface area contributed by atoms with Crippen LogP contribution in [0.4, 0.5) is 0 Å². The van der Waals surface area contributed by atoms with Gasteiger partial charge in [-0.05, 0) is 34.4 Å². The van der Waals surface area contributed by atoms with E-state index in [4.69, 9.17) is 70.7 Å². The molecule has 0 amide bonds. The summed E-state index contributed by atoms with van der Waals surface area (Å²) >= 11 is 0. The summed E-state index contributed by atoms with van der Waals surface area (Å²) < 4.78 is 91.4. The molecule has 478 valence electrons. The minimum atomic E-state index is -2.22. The third-order valence-corrected chi connectivity index (χ3v) is 14.0. The van der Waals surface area contributed by atoms with Crippen LogP contribution in [-0.2, 0) is 97.8 Å². The third-order valence-electron chi connectivity index (χ3n) is 14.0. The Morgan fingerprint density at radius 3 is 1.37 bits per heavy atom. The second-order valence-electron chi connectivity index (χ2n) is 21.0. The van der Waals surface area contributed by atoms with Gasteiger partial charge >= 0.3 is 35.8 Å². The molecule has 0 saturated carbocycles. The highest BCUT2D eigenvalue weighted by Crippen LogP contribution is 2.47. The Morgan fingerprint density at radius 1 is 0.462 bits per heavy atom. The summed E-state index contributed by atoms with van der Waals surface area (Å²) in [4.78, 5) is 91.8. The summed E-state index contributed by atoms with van der Waals surface area (Å²) in [5, 5.41) is 24.0. The maximum atomic E-state index is 15.5. The molecule has 0 aliphatic carbocycles. The second kappa shape index (κ2) is 30.5. The zero-order valence-electron chi connectivity index (χ0n) is 50.2. The van der Waals surface area contributed by atoms with Gasteiger partial charge in [-0.15, -0.1) is 0 Å². The summed E-state index contributed by atoms with van der Waals surface area (Å²) in [5.74, 6) is -6.90. The highest BCUT2D eigenvalue weighted by molar-refractivity contribution is 5.89. The molecule has 24 heteroatoms. The number of fused-ring (bicyclic) bond motifs is 1. The topological polar surface area (TPSA) is 302 Å². The lowest BCUT2D eigenvalue weighted by Gasteiger charge is -2.48. The number of phenolic OH excluding ortho intramolecular Hbond substituents is 1. The van der Waals surface area contributed by atoms with E-state index in [2.05, 4.69) is 0 Å². The SMILES string of the molecule is CC(=O)OC[C@H]1O[C@@H](O[C@H]2[C@H](OC(C)=O)[C@@H](O)[C@H](Oc3c(-c4cc(OCc5ccccc5)c(OCc5ccccc5)c(OCc5ccccc5)c4)oc4cc(OCc5ccccc5)cc(O)c4c3=O)O[C@@H]2COC(C)=O)[C@H](OC(C)=O)[C@@H](OC(C)=O)[C@H]1OC(C)=O. The normalized spacial score (nSPS) is 21.0. The molecule has 2 aliphatic rings. The molecule has 2 fully saturated rings. The summed E-state index contributed by atoms with van der Waals surface area (Å²) in [5.41, 5.74) is 1.88. The van der Waals surface area contributed by atoms with E-state index in [1.807, 2.05) is 121 Å². The van der Waals surface area contributed by atoms with Gasteiger partial charge in [0, 0.05) is 59.2 Å². The van der Waals surface area contributed by atoms with E-state index >= 15 is 4.79 Å². The van der Waals surface area contributed by atoms with Crippen LogP contribution < -0.4 is 29.1 Å². The molecule has 0 bridgehead atoms. The van der Waals surface area contributed by atoms with Gasteiger partial charge < -0.3 is 80.9 Å². The molecule has 6 aromatic carbocycles. The quantitative estimate of drug-likeness (QED) is 0.0405. The van der Waals surface area contributed by atoms with Crippen molar-refractivity contribution in [2.75, 3.05) is 13.2 Å². The van der Waals surface area contributed by atoms with Gasteiger partial charge in [0.15, 0.2) is 54.1 Å². The van der Waals surface area contributed by atoms with Crippen LogP contribution >= 0.6 is 0 Å². The number of benzene rings is 6. The molecule has 9 rings (SSSR count). The average molecular weight is 1260 g/mol. The van der Waals surface area contributed by atoms with Crippen molar-refractivity contribution in [1.82, 2.24) is 0 Å². The van der Waals surface area contributed by atoms with Crippen molar-refractivity contribution in [3.05, 3.63) is 178 Å². The first-order chi connectivity index (χ1) is 43.8. The predicted molar refractivity (Wildman–Crippen MR) is 317 cm³/mol. The lowest BCUT2D eigenvalue weighted by atomic mass is 9.96. The van der Waals surface area contributed by atoms with Crippen molar-refractivity contribution in [1.29, 1.82) is 0 Å². The van der Waals surface area contributed by atoms with Gasteiger partial charge in [-0.2, -0.15) is 0 Å². The number of esters is 6. The summed E-state index contributed by atoms with van der Waals surface area (Å²) in [7, 11) is 0. The number of aromatic hydroxyl groups is 1. The van der Waals surface area contributed by atoms with Gasteiger partial charge in [-0.3, -0.25) is 33.6 Å². The Morgan fingerprint density at radius 2 is 0.890 bits per heavy atom. The van der Waals surface area contributed by atoms with Gasteiger partial charge in [-0.25, -0.2) is 0 Å². The minimum Gasteiger partial charge on any atom is -0.507 e. The molecule has 91 heavy (non-hydrogen) atoms. The summed E-state index contributed by atoms with van der Waals surface area (Å²) in [6.45, 7) is 4.80. The molecule has 1 aromatic heterocycles. The first-order valence-electron chi connectivity index (χ1n) is 28.7. The number of carbonyl (C=O) groups excluding carboxylic acids is 6. The van der Waals surface area contributed by atoms with Crippen LogP contribution in [0.15, 0.2) is 155 Å². The van der Waals surface area contributed by atoms with Crippen LogP contribution in [-0.4, -0.2) is 121 Å². The molecule has 0 unspecified atom stereocenters. The molecule has 3 heterocycles. The van der Waals surface area contributed by atoms with E-state index in [0.29, 0.717) is 0 Å². The fourth-order valence-electron chi connectivity index (χ4n) is 10.0. The first-order valence-corrected chi connectivity index (χ1v) is 28.7. The van der Waals surface area contributed by atoms with E-state index in [9.17, 15) is 39.0 Å². The van der Waals surface area contributed by atoms with Gasteiger partial charge in [0.05, 0.1) is 0 Å². The van der Waals surface area contributed by atoms with E-state index in [1.54, 1.807) is 0 Å². The number of rotatable bonds is 25. The van der Waals surface area contributed by atoms with Gasteiger partial charge in [-0.1, -0.05) is 121 Å². The largest absolute Gasteiger partial charge is 0.507 e. The number of phenols is 1. The van der Waals surface area contributed by atoms with E-state index < -0.39 is 133 Å². The van der Waals surface area contributed by atoms with Crippen LogP contribution in [0.5, 0.6) is 34.5 Å². The molecule has 10 atom stereocenters. The van der Waals surface area contributed by atoms with Gasteiger partial charge in [0.2, 0.25) is 23.2 Å². The van der Waals surface area contributed by atoms with Crippen LogP contribution in [0.1, 0.15) is 63.8 Å². The van der Waals surface area contributed by atoms with Crippen molar-refractivity contribution in [2.24, 2.45) is 0 Å². The fourth-order valence-corrected chi connectivity index (χ4v) is 10.0. The highest BCUT2D eigenvalue weighted by atomic mass is 16.8. The summed E-state index contributed by atoms with van der Waals surface area (Å²) in [6, 6.07) is 42.5. The molecular weight excluding hydrogens is 1190 g/mol. The number of aliphatic hydroxyl groups excluding tert-OH is 1. The minimum absolute atomic E-state index is 0.00468. The Hall–Kier alpha value is -10.0. The fraction of sp³-hybridized carbons (Fsp3) is 0.328. The molecule has 24 nitrogen and oxygen atoms in total. The third kappa shape index (κ3) is 17.2. The van der Waals surface area contributed by atoms with Gasteiger partial charge in [0.25, 0.3) is 0 Å². The van der Waals surface area contributed by atoms with Crippen LogP contribution in [0.2, 0.25) is 0 Å². The number of carbonyl (C=O) groups is 6. The maximum Gasteiger partial charge on any atom is 0.303 e. The van der Waals surface area contributed by atoms with Crippen molar-refractivity contribution in [3.63, 3.8) is 0 Å².